The zero-order valence-corrected chi connectivity index (χ0v) is 7.74. The number of hydrogen-bond acceptors (Lipinski definition) is 3. The molecule has 0 saturated heterocycles. The zero-order chi connectivity index (χ0) is 10.4. The maximum absolute atomic E-state index is 13.2. The van der Waals surface area contributed by atoms with Crippen LogP contribution in [0.5, 0.6) is 5.75 Å². The average molecular weight is 200 g/mol. The molecule has 3 nitrogen and oxygen atoms in total. The summed E-state index contributed by atoms with van der Waals surface area (Å²) in [6, 6.07) is 4.38. The van der Waals surface area contributed by atoms with Gasteiger partial charge in [0.1, 0.15) is 0 Å². The van der Waals surface area contributed by atoms with Crippen molar-refractivity contribution in [2.75, 3.05) is 13.2 Å². The molecule has 2 N–H and O–H groups in total. The van der Waals surface area contributed by atoms with E-state index in [0.717, 1.165) is 0 Å². The summed E-state index contributed by atoms with van der Waals surface area (Å²) in [5.74, 6) is -0.419. The van der Waals surface area contributed by atoms with E-state index in [-0.39, 0.29) is 25.6 Å². The van der Waals surface area contributed by atoms with Gasteiger partial charge in [-0.15, -0.1) is 0 Å². The van der Waals surface area contributed by atoms with Crippen molar-refractivity contribution in [2.45, 2.75) is 13.0 Å². The summed E-state index contributed by atoms with van der Waals surface area (Å²) in [6.45, 7) is -0.0143. The molecule has 0 saturated carbocycles. The molecule has 1 rings (SSSR count). The highest BCUT2D eigenvalue weighted by Crippen LogP contribution is 2.22. The van der Waals surface area contributed by atoms with Gasteiger partial charge >= 0.3 is 0 Å². The van der Waals surface area contributed by atoms with E-state index in [1.807, 2.05) is 0 Å². The van der Waals surface area contributed by atoms with Crippen molar-refractivity contribution >= 4 is 0 Å². The molecule has 0 aliphatic rings. The van der Waals surface area contributed by atoms with Crippen LogP contribution in [-0.2, 0) is 6.61 Å². The maximum atomic E-state index is 13.2. The summed E-state index contributed by atoms with van der Waals surface area (Å²) in [7, 11) is 0. The van der Waals surface area contributed by atoms with Crippen molar-refractivity contribution in [1.29, 1.82) is 0 Å². The fourth-order valence-electron chi connectivity index (χ4n) is 1.08. The first-order chi connectivity index (χ1) is 6.79. The van der Waals surface area contributed by atoms with Gasteiger partial charge in [0.2, 0.25) is 0 Å². The molecule has 0 bridgehead atoms. The summed E-state index contributed by atoms with van der Waals surface area (Å²) in [5.41, 5.74) is 0.419. The summed E-state index contributed by atoms with van der Waals surface area (Å²) in [4.78, 5) is 0. The number of halogens is 1. The SMILES string of the molecule is OCCCOc1c(F)cccc1CO. The number of aliphatic hydroxyl groups is 2. The highest BCUT2D eigenvalue weighted by molar-refractivity contribution is 5.34. The molecular formula is C10H13FO3. The van der Waals surface area contributed by atoms with Crippen molar-refractivity contribution < 1.29 is 19.3 Å². The molecule has 1 aromatic carbocycles. The number of para-hydroxylation sites is 1. The Morgan fingerprint density at radius 3 is 2.71 bits per heavy atom. The minimum atomic E-state index is -0.491. The standard InChI is InChI=1S/C10H13FO3/c11-9-4-1-3-8(7-13)10(9)14-6-2-5-12/h1,3-4,12-13H,2,5-7H2. The summed E-state index contributed by atoms with van der Waals surface area (Å²) < 4.78 is 18.3. The lowest BCUT2D eigenvalue weighted by molar-refractivity contribution is 0.220. The molecule has 0 atom stereocenters. The molecule has 1 aromatic rings. The van der Waals surface area contributed by atoms with Crippen molar-refractivity contribution in [3.63, 3.8) is 0 Å². The molecule has 78 valence electrons. The minimum absolute atomic E-state index is 0.00289. The molecule has 0 amide bonds. The van der Waals surface area contributed by atoms with Crippen LogP contribution in [0.4, 0.5) is 4.39 Å². The first-order valence-corrected chi connectivity index (χ1v) is 4.41. The summed E-state index contributed by atoms with van der Waals surface area (Å²) in [5, 5.41) is 17.4. The topological polar surface area (TPSA) is 49.7 Å². The second-order valence-electron chi connectivity index (χ2n) is 2.81. The van der Waals surface area contributed by atoms with Crippen LogP contribution in [0.25, 0.3) is 0 Å². The normalized spacial score (nSPS) is 10.2. The monoisotopic (exact) mass is 200 g/mol. The van der Waals surface area contributed by atoms with E-state index in [1.54, 1.807) is 6.07 Å². The Bertz CT molecular complexity index is 289. The Balaban J connectivity index is 2.72. The summed E-state index contributed by atoms with van der Waals surface area (Å²) >= 11 is 0. The first-order valence-electron chi connectivity index (χ1n) is 4.41. The number of ether oxygens (including phenoxy) is 1. The van der Waals surface area contributed by atoms with Crippen LogP contribution >= 0.6 is 0 Å². The number of aliphatic hydroxyl groups excluding tert-OH is 2. The molecule has 0 heterocycles. The van der Waals surface area contributed by atoms with Gasteiger partial charge in [-0.05, 0) is 6.07 Å². The van der Waals surface area contributed by atoms with Crippen LogP contribution in [0.15, 0.2) is 18.2 Å². The van der Waals surface area contributed by atoms with E-state index < -0.39 is 5.82 Å². The zero-order valence-electron chi connectivity index (χ0n) is 7.74. The van der Waals surface area contributed by atoms with Gasteiger partial charge in [-0.3, -0.25) is 0 Å². The molecule has 4 heteroatoms. The highest BCUT2D eigenvalue weighted by Gasteiger charge is 2.08. The van der Waals surface area contributed by atoms with Gasteiger partial charge in [0.05, 0.1) is 13.2 Å². The Morgan fingerprint density at radius 1 is 1.29 bits per heavy atom. The van der Waals surface area contributed by atoms with Crippen LogP contribution < -0.4 is 4.74 Å². The smallest absolute Gasteiger partial charge is 0.165 e. The predicted octanol–water partition coefficient (Wildman–Crippen LogP) is 1.08. The second-order valence-corrected chi connectivity index (χ2v) is 2.81. The van der Waals surface area contributed by atoms with Crippen LogP contribution in [0.3, 0.4) is 0 Å². The quantitative estimate of drug-likeness (QED) is 0.699. The number of benzene rings is 1. The number of hydrogen-bond donors (Lipinski definition) is 2. The Labute approximate surface area is 81.8 Å². The van der Waals surface area contributed by atoms with Crippen LogP contribution in [0.1, 0.15) is 12.0 Å². The molecule has 0 spiro atoms. The van der Waals surface area contributed by atoms with Gasteiger partial charge < -0.3 is 14.9 Å². The maximum Gasteiger partial charge on any atom is 0.165 e. The van der Waals surface area contributed by atoms with Crippen LogP contribution in [-0.4, -0.2) is 23.4 Å². The molecular weight excluding hydrogens is 187 g/mol. The Kier molecular flexibility index (Phi) is 4.35. The van der Waals surface area contributed by atoms with Gasteiger partial charge in [0.15, 0.2) is 11.6 Å². The van der Waals surface area contributed by atoms with Crippen molar-refractivity contribution in [2.24, 2.45) is 0 Å². The van der Waals surface area contributed by atoms with Crippen molar-refractivity contribution in [3.05, 3.63) is 29.6 Å². The van der Waals surface area contributed by atoms with E-state index in [4.69, 9.17) is 14.9 Å². The van der Waals surface area contributed by atoms with Gasteiger partial charge in [-0.1, -0.05) is 12.1 Å². The molecule has 0 radical (unpaired) electrons. The molecule has 0 fully saturated rings. The van der Waals surface area contributed by atoms with E-state index in [2.05, 4.69) is 0 Å². The van der Waals surface area contributed by atoms with Crippen molar-refractivity contribution in [1.82, 2.24) is 0 Å². The fourth-order valence-corrected chi connectivity index (χ4v) is 1.08. The predicted molar refractivity (Wildman–Crippen MR) is 49.5 cm³/mol. The fraction of sp³-hybridized carbons (Fsp3) is 0.400. The van der Waals surface area contributed by atoms with Gasteiger partial charge in [-0.25, -0.2) is 4.39 Å². The number of rotatable bonds is 5. The largest absolute Gasteiger partial charge is 0.490 e. The lowest BCUT2D eigenvalue weighted by Crippen LogP contribution is -2.04. The van der Waals surface area contributed by atoms with E-state index in [9.17, 15) is 4.39 Å². The average Bonchev–Trinajstić information content (AvgIpc) is 2.20. The van der Waals surface area contributed by atoms with Gasteiger partial charge in [0.25, 0.3) is 0 Å². The van der Waals surface area contributed by atoms with Crippen LogP contribution in [0, 0.1) is 5.82 Å². The van der Waals surface area contributed by atoms with Crippen molar-refractivity contribution in [3.8, 4) is 5.75 Å². The first kappa shape index (κ1) is 10.9. The van der Waals surface area contributed by atoms with Gasteiger partial charge in [0, 0.05) is 18.6 Å². The van der Waals surface area contributed by atoms with E-state index in [1.165, 1.54) is 12.1 Å². The molecule has 0 aromatic heterocycles. The lowest BCUT2D eigenvalue weighted by atomic mass is 10.2. The molecule has 0 aliphatic heterocycles. The highest BCUT2D eigenvalue weighted by atomic mass is 19.1. The third-order valence-electron chi connectivity index (χ3n) is 1.77. The molecule has 0 unspecified atom stereocenters. The van der Waals surface area contributed by atoms with Crippen LogP contribution in [0.2, 0.25) is 0 Å². The molecule has 14 heavy (non-hydrogen) atoms. The van der Waals surface area contributed by atoms with Gasteiger partial charge in [-0.2, -0.15) is 0 Å². The summed E-state index contributed by atoms with van der Waals surface area (Å²) in [6.07, 6.45) is 0.444. The molecule has 0 aliphatic carbocycles. The minimum Gasteiger partial charge on any atom is -0.490 e. The lowest BCUT2D eigenvalue weighted by Gasteiger charge is -2.09. The third kappa shape index (κ3) is 2.68. The second kappa shape index (κ2) is 5.57. The van der Waals surface area contributed by atoms with E-state index in [0.29, 0.717) is 12.0 Å². The van der Waals surface area contributed by atoms with E-state index >= 15 is 0 Å². The Hall–Kier alpha value is -1.13. The Morgan fingerprint density at radius 2 is 2.07 bits per heavy atom. The third-order valence-corrected chi connectivity index (χ3v) is 1.77.